The van der Waals surface area contributed by atoms with Crippen molar-refractivity contribution >= 4 is 37.6 Å². The normalized spacial score (nSPS) is 12.0. The first kappa shape index (κ1) is 17.8. The van der Waals surface area contributed by atoms with Gasteiger partial charge in [-0.1, -0.05) is 15.9 Å². The van der Waals surface area contributed by atoms with E-state index in [1.165, 1.54) is 19.1 Å². The van der Waals surface area contributed by atoms with Gasteiger partial charge in [-0.15, -0.1) is 0 Å². The zero-order chi connectivity index (χ0) is 16.3. The van der Waals surface area contributed by atoms with Gasteiger partial charge in [0, 0.05) is 4.47 Å². The zero-order valence-electron chi connectivity index (χ0n) is 10.7. The average molecular weight is 390 g/mol. The molecule has 0 aliphatic heterocycles. The predicted octanol–water partition coefficient (Wildman–Crippen LogP) is 2.67. The van der Waals surface area contributed by atoms with E-state index in [9.17, 15) is 26.4 Å². The third-order valence-electron chi connectivity index (χ3n) is 2.28. The Kier molecular flexibility index (Phi) is 5.62. The lowest BCUT2D eigenvalue weighted by Crippen LogP contribution is -2.44. The summed E-state index contributed by atoms with van der Waals surface area (Å²) in [6.45, 7) is 0.330. The van der Waals surface area contributed by atoms with Gasteiger partial charge in [0.2, 0.25) is 0 Å². The second-order valence-corrected chi connectivity index (χ2v) is 6.51. The van der Waals surface area contributed by atoms with Crippen LogP contribution in [0.4, 0.5) is 18.9 Å². The highest BCUT2D eigenvalue weighted by atomic mass is 79.9. The van der Waals surface area contributed by atoms with E-state index in [-0.39, 0.29) is 16.6 Å². The fourth-order valence-corrected chi connectivity index (χ4v) is 2.56. The highest BCUT2D eigenvalue weighted by molar-refractivity contribution is 9.10. The molecule has 0 aliphatic carbocycles. The van der Waals surface area contributed by atoms with Crippen LogP contribution in [0, 0.1) is 0 Å². The lowest BCUT2D eigenvalue weighted by Gasteiger charge is -2.24. The van der Waals surface area contributed by atoms with E-state index in [4.69, 9.17) is 0 Å². The van der Waals surface area contributed by atoms with E-state index in [1.807, 2.05) is 0 Å². The predicted molar refractivity (Wildman–Crippen MR) is 73.1 cm³/mol. The van der Waals surface area contributed by atoms with Crippen molar-refractivity contribution in [2.75, 3.05) is 17.5 Å². The number of alkyl halides is 3. The van der Waals surface area contributed by atoms with E-state index < -0.39 is 28.0 Å². The number of rotatable bonds is 5. The van der Waals surface area contributed by atoms with Crippen molar-refractivity contribution in [1.82, 2.24) is 0 Å². The van der Waals surface area contributed by atoms with Gasteiger partial charge < -0.3 is 4.74 Å². The molecular weight excluding hydrogens is 379 g/mol. The fraction of sp³-hybridized carbons (Fsp3) is 0.364. The second-order valence-electron chi connectivity index (χ2n) is 3.74. The summed E-state index contributed by atoms with van der Waals surface area (Å²) in [6, 6.07) is 5.01. The number of anilines is 1. The Balaban J connectivity index is 3.24. The molecule has 0 N–H and O–H groups in total. The molecule has 0 saturated heterocycles. The van der Waals surface area contributed by atoms with Crippen LogP contribution in [0.15, 0.2) is 28.7 Å². The third-order valence-corrected chi connectivity index (χ3v) is 4.31. The van der Waals surface area contributed by atoms with E-state index in [0.717, 1.165) is 12.1 Å². The topological polar surface area (TPSA) is 63.7 Å². The molecule has 21 heavy (non-hydrogen) atoms. The number of nitrogens with zero attached hydrogens (tertiary/aromatic N) is 1. The number of hydrogen-bond acceptors (Lipinski definition) is 4. The van der Waals surface area contributed by atoms with Gasteiger partial charge in [0.1, 0.15) is 6.54 Å². The van der Waals surface area contributed by atoms with Gasteiger partial charge in [-0.3, -0.25) is 9.10 Å². The van der Waals surface area contributed by atoms with Gasteiger partial charge >= 0.3 is 21.5 Å². The van der Waals surface area contributed by atoms with Gasteiger partial charge in [-0.25, -0.2) is 0 Å². The number of ether oxygens (including phenoxy) is 1. The highest BCUT2D eigenvalue weighted by Crippen LogP contribution is 2.31. The minimum Gasteiger partial charge on any atom is -0.465 e. The van der Waals surface area contributed by atoms with Gasteiger partial charge in [-0.2, -0.15) is 21.6 Å². The SMILES string of the molecule is CCOC(=O)CN(c1ccc(Br)cc1)S(=O)(=O)C(F)(F)F. The summed E-state index contributed by atoms with van der Waals surface area (Å²) in [4.78, 5) is 11.4. The smallest absolute Gasteiger partial charge is 0.465 e. The Morgan fingerprint density at radius 2 is 1.81 bits per heavy atom. The Morgan fingerprint density at radius 3 is 2.24 bits per heavy atom. The molecule has 0 atom stereocenters. The molecule has 0 bridgehead atoms. The lowest BCUT2D eigenvalue weighted by molar-refractivity contribution is -0.141. The summed E-state index contributed by atoms with van der Waals surface area (Å²) < 4.78 is 66.2. The van der Waals surface area contributed by atoms with Crippen LogP contribution in [-0.4, -0.2) is 33.0 Å². The minimum atomic E-state index is -5.70. The van der Waals surface area contributed by atoms with Crippen molar-refractivity contribution in [2.45, 2.75) is 12.4 Å². The van der Waals surface area contributed by atoms with Crippen LogP contribution in [0.25, 0.3) is 0 Å². The number of carbonyl (C=O) groups excluding carboxylic acids is 1. The first-order chi connectivity index (χ1) is 9.59. The molecule has 0 unspecified atom stereocenters. The van der Waals surface area contributed by atoms with E-state index >= 15 is 0 Å². The lowest BCUT2D eigenvalue weighted by atomic mass is 10.3. The summed E-state index contributed by atoms with van der Waals surface area (Å²) in [5.41, 5.74) is -5.81. The van der Waals surface area contributed by atoms with Crippen LogP contribution < -0.4 is 4.31 Å². The molecule has 0 amide bonds. The number of sulfonamides is 1. The zero-order valence-corrected chi connectivity index (χ0v) is 13.1. The maximum absolute atomic E-state index is 12.7. The molecule has 0 saturated carbocycles. The van der Waals surface area contributed by atoms with Crippen LogP contribution in [-0.2, 0) is 19.6 Å². The maximum Gasteiger partial charge on any atom is 0.516 e. The van der Waals surface area contributed by atoms with Gasteiger partial charge in [0.25, 0.3) is 0 Å². The van der Waals surface area contributed by atoms with E-state index in [1.54, 1.807) is 0 Å². The number of benzene rings is 1. The largest absolute Gasteiger partial charge is 0.516 e. The van der Waals surface area contributed by atoms with Crippen molar-refractivity contribution in [3.8, 4) is 0 Å². The molecule has 1 aromatic rings. The molecule has 0 fully saturated rings. The third kappa shape index (κ3) is 4.34. The first-order valence-corrected chi connectivity index (χ1v) is 7.83. The molecule has 1 rings (SSSR count). The molecule has 10 heteroatoms. The van der Waals surface area contributed by atoms with Gasteiger partial charge in [0.15, 0.2) is 0 Å². The van der Waals surface area contributed by atoms with Crippen LogP contribution in [0.3, 0.4) is 0 Å². The molecule has 1 aromatic carbocycles. The Morgan fingerprint density at radius 1 is 1.29 bits per heavy atom. The molecule has 118 valence electrons. The van der Waals surface area contributed by atoms with Crippen LogP contribution in [0.5, 0.6) is 0 Å². The van der Waals surface area contributed by atoms with Crippen molar-refractivity contribution in [2.24, 2.45) is 0 Å². The monoisotopic (exact) mass is 389 g/mol. The number of hydrogen-bond donors (Lipinski definition) is 0. The van der Waals surface area contributed by atoms with Crippen molar-refractivity contribution < 1.29 is 31.1 Å². The molecule has 0 radical (unpaired) electrons. The number of carbonyl (C=O) groups is 1. The summed E-state index contributed by atoms with van der Waals surface area (Å²) in [5, 5.41) is 0. The van der Waals surface area contributed by atoms with Crippen LogP contribution in [0.1, 0.15) is 6.92 Å². The van der Waals surface area contributed by atoms with Crippen LogP contribution >= 0.6 is 15.9 Å². The minimum absolute atomic E-state index is 0.0303. The highest BCUT2D eigenvalue weighted by Gasteiger charge is 2.50. The molecular formula is C11H11BrF3NO4S. The van der Waals surface area contributed by atoms with Crippen molar-refractivity contribution in [3.05, 3.63) is 28.7 Å². The van der Waals surface area contributed by atoms with Crippen molar-refractivity contribution in [3.63, 3.8) is 0 Å². The summed E-state index contributed by atoms with van der Waals surface area (Å²) in [7, 11) is -5.70. The fourth-order valence-electron chi connectivity index (χ4n) is 1.37. The number of esters is 1. The van der Waals surface area contributed by atoms with Crippen molar-refractivity contribution in [1.29, 1.82) is 0 Å². The molecule has 0 spiro atoms. The van der Waals surface area contributed by atoms with E-state index in [2.05, 4.69) is 20.7 Å². The Bertz CT molecular complexity index is 601. The Labute approximate surface area is 127 Å². The van der Waals surface area contributed by atoms with Gasteiger partial charge in [-0.05, 0) is 31.2 Å². The molecule has 0 heterocycles. The van der Waals surface area contributed by atoms with E-state index in [0.29, 0.717) is 4.47 Å². The molecule has 5 nitrogen and oxygen atoms in total. The quantitative estimate of drug-likeness (QED) is 0.726. The maximum atomic E-state index is 12.7. The second kappa shape index (κ2) is 6.65. The summed E-state index contributed by atoms with van der Waals surface area (Å²) >= 11 is 3.08. The van der Waals surface area contributed by atoms with Crippen LogP contribution in [0.2, 0.25) is 0 Å². The Hall–Kier alpha value is -1.29. The number of halogens is 4. The van der Waals surface area contributed by atoms with Gasteiger partial charge in [0.05, 0.1) is 12.3 Å². The summed E-state index contributed by atoms with van der Waals surface area (Å²) in [5.74, 6) is -1.08. The standard InChI is InChI=1S/C11H11BrF3NO4S/c1-2-20-10(17)7-16(21(18,19)11(13,14)15)9-5-3-8(12)4-6-9/h3-6H,2,7H2,1H3. The molecule has 0 aliphatic rings. The average Bonchev–Trinajstić information content (AvgIpc) is 2.36. The summed E-state index contributed by atoms with van der Waals surface area (Å²) in [6.07, 6.45) is 0. The first-order valence-electron chi connectivity index (χ1n) is 5.59. The molecule has 0 aromatic heterocycles.